The minimum atomic E-state index is -0.0498. The van der Waals surface area contributed by atoms with Crippen LogP contribution < -0.4 is 5.32 Å². The lowest BCUT2D eigenvalue weighted by molar-refractivity contribution is -0.122. The quantitative estimate of drug-likeness (QED) is 0.360. The monoisotopic (exact) mass is 424 g/mol. The Morgan fingerprint density at radius 3 is 2.09 bits per heavy atom. The highest BCUT2D eigenvalue weighted by Gasteiger charge is 2.31. The zero-order chi connectivity index (χ0) is 22.6. The minimum absolute atomic E-state index is 0.0498. The van der Waals surface area contributed by atoms with Gasteiger partial charge in [0.1, 0.15) is 0 Å². The van der Waals surface area contributed by atoms with E-state index in [2.05, 4.69) is 85.4 Å². The van der Waals surface area contributed by atoms with E-state index in [0.717, 1.165) is 12.1 Å². The third kappa shape index (κ3) is 5.11. The fourth-order valence-electron chi connectivity index (χ4n) is 4.40. The standard InChI is InChI=1S/C29H32N2O/c1-29(2,3)26(18-28(32)30-19-22-12-6-4-7-13-22)25-21-31(20-23-14-8-5-9-15-23)27-17-11-10-16-24(25)27/h4-17,21,26H,18-20H2,1-3H3,(H,30,32)/t26-/m0/s1. The highest BCUT2D eigenvalue weighted by Crippen LogP contribution is 2.41. The molecule has 0 fully saturated rings. The average Bonchev–Trinajstić information content (AvgIpc) is 3.15. The number of hydrogen-bond acceptors (Lipinski definition) is 1. The Kier molecular flexibility index (Phi) is 6.45. The van der Waals surface area contributed by atoms with Crippen molar-refractivity contribution in [2.24, 2.45) is 5.41 Å². The normalized spacial score (nSPS) is 12.6. The van der Waals surface area contributed by atoms with E-state index < -0.39 is 0 Å². The Balaban J connectivity index is 1.62. The zero-order valence-electron chi connectivity index (χ0n) is 19.2. The van der Waals surface area contributed by atoms with Crippen molar-refractivity contribution < 1.29 is 4.79 Å². The number of nitrogens with one attached hydrogen (secondary N) is 1. The van der Waals surface area contributed by atoms with Crippen LogP contribution in [0.25, 0.3) is 10.9 Å². The number of hydrogen-bond donors (Lipinski definition) is 1. The van der Waals surface area contributed by atoms with Crippen LogP contribution in [0.5, 0.6) is 0 Å². The molecule has 0 aliphatic rings. The number of carbonyl (C=O) groups excluding carboxylic acids is 1. The number of rotatable bonds is 7. The third-order valence-electron chi connectivity index (χ3n) is 6.16. The van der Waals surface area contributed by atoms with Gasteiger partial charge in [0.2, 0.25) is 5.91 Å². The summed E-state index contributed by atoms with van der Waals surface area (Å²) in [4.78, 5) is 13.0. The molecule has 0 spiro atoms. The maximum absolute atomic E-state index is 13.0. The molecule has 0 radical (unpaired) electrons. The molecule has 164 valence electrons. The summed E-state index contributed by atoms with van der Waals surface area (Å²) in [6.45, 7) is 8.06. The molecule has 1 N–H and O–H groups in total. The summed E-state index contributed by atoms with van der Waals surface area (Å²) in [6.07, 6.45) is 2.73. The minimum Gasteiger partial charge on any atom is -0.352 e. The molecular formula is C29H32N2O. The Morgan fingerprint density at radius 1 is 0.844 bits per heavy atom. The molecular weight excluding hydrogens is 392 g/mol. The molecule has 0 bridgehead atoms. The van der Waals surface area contributed by atoms with Gasteiger partial charge in [-0.15, -0.1) is 0 Å². The van der Waals surface area contributed by atoms with Crippen molar-refractivity contribution in [1.29, 1.82) is 0 Å². The molecule has 3 heteroatoms. The molecule has 32 heavy (non-hydrogen) atoms. The molecule has 4 aromatic rings. The van der Waals surface area contributed by atoms with Gasteiger partial charge in [-0.2, -0.15) is 0 Å². The van der Waals surface area contributed by atoms with Crippen molar-refractivity contribution >= 4 is 16.8 Å². The SMILES string of the molecule is CC(C)(C)[C@@H](CC(=O)NCc1ccccc1)c1cn(Cc2ccccc2)c2ccccc12. The molecule has 0 unspecified atom stereocenters. The van der Waals surface area contributed by atoms with Gasteiger partial charge in [-0.25, -0.2) is 0 Å². The van der Waals surface area contributed by atoms with Gasteiger partial charge in [-0.05, 0) is 34.1 Å². The molecule has 0 saturated carbocycles. The molecule has 3 aromatic carbocycles. The van der Waals surface area contributed by atoms with Crippen LogP contribution in [-0.2, 0) is 17.9 Å². The first-order chi connectivity index (χ1) is 15.4. The van der Waals surface area contributed by atoms with Gasteiger partial charge in [0.05, 0.1) is 0 Å². The lowest BCUT2D eigenvalue weighted by Gasteiger charge is -2.30. The van der Waals surface area contributed by atoms with Crippen LogP contribution in [-0.4, -0.2) is 10.5 Å². The largest absolute Gasteiger partial charge is 0.352 e. The van der Waals surface area contributed by atoms with E-state index in [1.165, 1.54) is 22.0 Å². The predicted octanol–water partition coefficient (Wildman–Crippen LogP) is 6.53. The van der Waals surface area contributed by atoms with E-state index in [9.17, 15) is 4.79 Å². The Hall–Kier alpha value is -3.33. The second kappa shape index (κ2) is 9.44. The molecule has 1 heterocycles. The first-order valence-corrected chi connectivity index (χ1v) is 11.3. The van der Waals surface area contributed by atoms with Gasteiger partial charge in [-0.3, -0.25) is 4.79 Å². The van der Waals surface area contributed by atoms with Crippen LogP contribution in [0.1, 0.15) is 49.8 Å². The fraction of sp³-hybridized carbons (Fsp3) is 0.276. The summed E-state index contributed by atoms with van der Waals surface area (Å²) in [5.74, 6) is 0.203. The summed E-state index contributed by atoms with van der Waals surface area (Å²) < 4.78 is 2.32. The number of aromatic nitrogens is 1. The molecule has 4 rings (SSSR count). The van der Waals surface area contributed by atoms with Crippen molar-refractivity contribution in [2.75, 3.05) is 0 Å². The van der Waals surface area contributed by atoms with Gasteiger partial charge in [0.15, 0.2) is 0 Å². The topological polar surface area (TPSA) is 34.0 Å². The number of benzene rings is 3. The molecule has 0 aliphatic carbocycles. The average molecular weight is 425 g/mol. The number of amides is 1. The van der Waals surface area contributed by atoms with Crippen molar-refractivity contribution in [1.82, 2.24) is 9.88 Å². The van der Waals surface area contributed by atoms with Gasteiger partial charge >= 0.3 is 0 Å². The van der Waals surface area contributed by atoms with Crippen molar-refractivity contribution in [3.8, 4) is 0 Å². The van der Waals surface area contributed by atoms with E-state index >= 15 is 0 Å². The summed E-state index contributed by atoms with van der Waals surface area (Å²) in [6, 6.07) is 29.1. The Morgan fingerprint density at radius 2 is 1.44 bits per heavy atom. The Labute approximate surface area is 191 Å². The summed E-state index contributed by atoms with van der Waals surface area (Å²) in [7, 11) is 0. The molecule has 1 atom stereocenters. The van der Waals surface area contributed by atoms with E-state index in [0.29, 0.717) is 13.0 Å². The van der Waals surface area contributed by atoms with Crippen molar-refractivity contribution in [2.45, 2.75) is 46.2 Å². The van der Waals surface area contributed by atoms with Crippen LogP contribution in [0.3, 0.4) is 0 Å². The highest BCUT2D eigenvalue weighted by atomic mass is 16.1. The van der Waals surface area contributed by atoms with E-state index in [-0.39, 0.29) is 17.2 Å². The second-order valence-corrected chi connectivity index (χ2v) is 9.60. The third-order valence-corrected chi connectivity index (χ3v) is 6.16. The van der Waals surface area contributed by atoms with Crippen LogP contribution in [0.4, 0.5) is 0 Å². The summed E-state index contributed by atoms with van der Waals surface area (Å²) in [5, 5.41) is 4.36. The Bertz CT molecular complexity index is 1170. The first kappa shape index (κ1) is 21.9. The number of para-hydroxylation sites is 1. The van der Waals surface area contributed by atoms with E-state index in [1.54, 1.807) is 0 Å². The van der Waals surface area contributed by atoms with Gasteiger partial charge < -0.3 is 9.88 Å². The summed E-state index contributed by atoms with van der Waals surface area (Å²) >= 11 is 0. The first-order valence-electron chi connectivity index (χ1n) is 11.3. The zero-order valence-corrected chi connectivity index (χ0v) is 19.2. The molecule has 1 aromatic heterocycles. The number of carbonyl (C=O) groups is 1. The number of nitrogens with zero attached hydrogens (tertiary/aromatic N) is 1. The highest BCUT2D eigenvalue weighted by molar-refractivity contribution is 5.86. The van der Waals surface area contributed by atoms with E-state index in [1.807, 2.05) is 36.4 Å². The number of fused-ring (bicyclic) bond motifs is 1. The maximum atomic E-state index is 13.0. The van der Waals surface area contributed by atoms with Gasteiger partial charge in [0.25, 0.3) is 0 Å². The fourth-order valence-corrected chi connectivity index (χ4v) is 4.40. The molecule has 3 nitrogen and oxygen atoms in total. The second-order valence-electron chi connectivity index (χ2n) is 9.60. The maximum Gasteiger partial charge on any atom is 0.220 e. The van der Waals surface area contributed by atoms with Crippen LogP contribution in [0.2, 0.25) is 0 Å². The molecule has 0 saturated heterocycles. The predicted molar refractivity (Wildman–Crippen MR) is 133 cm³/mol. The van der Waals surface area contributed by atoms with Crippen molar-refractivity contribution in [3.05, 3.63) is 108 Å². The van der Waals surface area contributed by atoms with Gasteiger partial charge in [0, 0.05) is 36.6 Å². The smallest absolute Gasteiger partial charge is 0.220 e. The molecule has 1 amide bonds. The van der Waals surface area contributed by atoms with Gasteiger partial charge in [-0.1, -0.05) is 99.6 Å². The molecule has 0 aliphatic heterocycles. The summed E-state index contributed by atoms with van der Waals surface area (Å²) in [5.41, 5.74) is 4.80. The van der Waals surface area contributed by atoms with E-state index in [4.69, 9.17) is 0 Å². The van der Waals surface area contributed by atoms with Crippen LogP contribution >= 0.6 is 0 Å². The van der Waals surface area contributed by atoms with Crippen LogP contribution in [0.15, 0.2) is 91.1 Å². The van der Waals surface area contributed by atoms with Crippen molar-refractivity contribution in [3.63, 3.8) is 0 Å². The lowest BCUT2D eigenvalue weighted by atomic mass is 9.74. The van der Waals surface area contributed by atoms with Crippen LogP contribution in [0, 0.1) is 5.41 Å². The lowest BCUT2D eigenvalue weighted by Crippen LogP contribution is -2.29.